The van der Waals surface area contributed by atoms with E-state index in [1.165, 1.54) is 5.52 Å². The zero-order chi connectivity index (χ0) is 6.97. The van der Waals surface area contributed by atoms with Crippen LogP contribution >= 0.6 is 24.8 Å². The van der Waals surface area contributed by atoms with Crippen LogP contribution in [0.15, 0.2) is 30.6 Å². The van der Waals surface area contributed by atoms with Gasteiger partial charge < -0.3 is 4.57 Å². The summed E-state index contributed by atoms with van der Waals surface area (Å²) in [5, 5.41) is 0. The van der Waals surface area contributed by atoms with Crippen molar-refractivity contribution in [1.29, 1.82) is 0 Å². The molecule has 12 heavy (non-hydrogen) atoms. The standard InChI is InChI=1S/C8H8N2.2ClH/c1-10-6-9-7-4-2-3-5-8(7)10;;/h2-6H,1H3;2*1H. The van der Waals surface area contributed by atoms with Crippen molar-refractivity contribution >= 4 is 35.8 Å². The summed E-state index contributed by atoms with van der Waals surface area (Å²) in [6.07, 6.45) is 1.82. The first kappa shape index (κ1) is 11.3. The molecule has 2 nitrogen and oxygen atoms in total. The quantitative estimate of drug-likeness (QED) is 0.645. The molecule has 0 aliphatic carbocycles. The van der Waals surface area contributed by atoms with Crippen LogP contribution in [-0.2, 0) is 7.05 Å². The van der Waals surface area contributed by atoms with Gasteiger partial charge in [-0.1, -0.05) is 12.1 Å². The van der Waals surface area contributed by atoms with E-state index in [4.69, 9.17) is 0 Å². The second kappa shape index (κ2) is 4.33. The summed E-state index contributed by atoms with van der Waals surface area (Å²) in [7, 11) is 2.00. The molecule has 2 aromatic rings. The van der Waals surface area contributed by atoms with Gasteiger partial charge in [0.05, 0.1) is 17.4 Å². The number of para-hydroxylation sites is 2. The first-order chi connectivity index (χ1) is 4.88. The monoisotopic (exact) mass is 204 g/mol. The van der Waals surface area contributed by atoms with Gasteiger partial charge in [-0.25, -0.2) is 4.98 Å². The Balaban J connectivity index is 0.000000605. The summed E-state index contributed by atoms with van der Waals surface area (Å²) in [4.78, 5) is 4.18. The van der Waals surface area contributed by atoms with Crippen molar-refractivity contribution in [2.45, 2.75) is 0 Å². The number of halogens is 2. The Morgan fingerprint density at radius 1 is 1.17 bits per heavy atom. The summed E-state index contributed by atoms with van der Waals surface area (Å²) >= 11 is 0. The Morgan fingerprint density at radius 3 is 2.50 bits per heavy atom. The van der Waals surface area contributed by atoms with Crippen molar-refractivity contribution in [1.82, 2.24) is 9.55 Å². The number of hydrogen-bond donors (Lipinski definition) is 0. The lowest BCUT2D eigenvalue weighted by molar-refractivity contribution is 0.948. The predicted octanol–water partition coefficient (Wildman–Crippen LogP) is 2.42. The minimum Gasteiger partial charge on any atom is -0.334 e. The molecule has 0 fully saturated rings. The van der Waals surface area contributed by atoms with Gasteiger partial charge in [0.25, 0.3) is 0 Å². The summed E-state index contributed by atoms with van der Waals surface area (Å²) in [6, 6.07) is 8.08. The molecule has 66 valence electrons. The maximum atomic E-state index is 4.18. The molecule has 1 aromatic heterocycles. The molecule has 0 unspecified atom stereocenters. The smallest absolute Gasteiger partial charge is 0.0955 e. The average Bonchev–Trinajstić information content (AvgIpc) is 2.34. The molecular weight excluding hydrogens is 195 g/mol. The summed E-state index contributed by atoms with van der Waals surface area (Å²) in [6.45, 7) is 0. The molecule has 1 heterocycles. The minimum absolute atomic E-state index is 0. The third-order valence-corrected chi connectivity index (χ3v) is 1.63. The number of imidazole rings is 1. The van der Waals surface area contributed by atoms with Crippen LogP contribution in [0, 0.1) is 0 Å². The van der Waals surface area contributed by atoms with Gasteiger partial charge in [0, 0.05) is 7.05 Å². The third kappa shape index (κ3) is 1.71. The molecule has 0 aliphatic heterocycles. The summed E-state index contributed by atoms with van der Waals surface area (Å²) < 4.78 is 2.01. The van der Waals surface area contributed by atoms with Crippen molar-refractivity contribution in [3.05, 3.63) is 30.6 Å². The van der Waals surface area contributed by atoms with Gasteiger partial charge in [-0.15, -0.1) is 24.8 Å². The normalized spacial score (nSPS) is 8.75. The van der Waals surface area contributed by atoms with Crippen molar-refractivity contribution in [3.8, 4) is 0 Å². The van der Waals surface area contributed by atoms with Gasteiger partial charge >= 0.3 is 0 Å². The second-order valence-corrected chi connectivity index (χ2v) is 2.34. The molecule has 0 bridgehead atoms. The topological polar surface area (TPSA) is 17.8 Å². The molecule has 4 heteroatoms. The van der Waals surface area contributed by atoms with Crippen LogP contribution in [0.1, 0.15) is 0 Å². The summed E-state index contributed by atoms with van der Waals surface area (Å²) in [5.74, 6) is 0. The molecule has 0 spiro atoms. The minimum atomic E-state index is 0. The largest absolute Gasteiger partial charge is 0.334 e. The van der Waals surface area contributed by atoms with E-state index < -0.39 is 0 Å². The van der Waals surface area contributed by atoms with Crippen LogP contribution in [0.25, 0.3) is 11.0 Å². The fraction of sp³-hybridized carbons (Fsp3) is 0.125. The second-order valence-electron chi connectivity index (χ2n) is 2.34. The lowest BCUT2D eigenvalue weighted by Crippen LogP contribution is -1.81. The number of aryl methyl sites for hydroxylation is 1. The van der Waals surface area contributed by atoms with Crippen LogP contribution in [0.2, 0.25) is 0 Å². The van der Waals surface area contributed by atoms with Gasteiger partial charge in [0.1, 0.15) is 0 Å². The highest BCUT2D eigenvalue weighted by atomic mass is 35.5. The third-order valence-electron chi connectivity index (χ3n) is 1.63. The Morgan fingerprint density at radius 2 is 1.83 bits per heavy atom. The van der Waals surface area contributed by atoms with E-state index >= 15 is 0 Å². The molecular formula is C8H10Cl2N2. The highest BCUT2D eigenvalue weighted by molar-refractivity contribution is 5.85. The number of benzene rings is 1. The first-order valence-electron chi connectivity index (χ1n) is 3.24. The molecule has 0 saturated heterocycles. The molecule has 0 saturated carbocycles. The van der Waals surface area contributed by atoms with Crippen molar-refractivity contribution < 1.29 is 0 Å². The molecule has 0 aliphatic rings. The SMILES string of the molecule is Cl.Cl.Cn1cnc2ccccc21. The van der Waals surface area contributed by atoms with E-state index in [0.29, 0.717) is 0 Å². The molecule has 0 atom stereocenters. The number of rotatable bonds is 0. The van der Waals surface area contributed by atoms with Crippen molar-refractivity contribution in [3.63, 3.8) is 0 Å². The molecule has 2 rings (SSSR count). The zero-order valence-electron chi connectivity index (χ0n) is 6.60. The van der Waals surface area contributed by atoms with E-state index in [-0.39, 0.29) is 24.8 Å². The Bertz CT molecular complexity index is 357. The van der Waals surface area contributed by atoms with E-state index in [9.17, 15) is 0 Å². The number of fused-ring (bicyclic) bond motifs is 1. The van der Waals surface area contributed by atoms with Crippen molar-refractivity contribution in [2.24, 2.45) is 7.05 Å². The Labute approximate surface area is 83.4 Å². The molecule has 0 amide bonds. The first-order valence-corrected chi connectivity index (χ1v) is 3.24. The zero-order valence-corrected chi connectivity index (χ0v) is 8.23. The Kier molecular flexibility index (Phi) is 4.07. The fourth-order valence-corrected chi connectivity index (χ4v) is 1.08. The molecule has 1 aromatic carbocycles. The van der Waals surface area contributed by atoms with E-state index in [1.807, 2.05) is 36.1 Å². The number of hydrogen-bond acceptors (Lipinski definition) is 1. The highest BCUT2D eigenvalue weighted by Crippen LogP contribution is 2.08. The van der Waals surface area contributed by atoms with E-state index in [2.05, 4.69) is 11.1 Å². The van der Waals surface area contributed by atoms with Gasteiger partial charge in [0.2, 0.25) is 0 Å². The van der Waals surface area contributed by atoms with Gasteiger partial charge in [0.15, 0.2) is 0 Å². The van der Waals surface area contributed by atoms with Crippen LogP contribution < -0.4 is 0 Å². The maximum absolute atomic E-state index is 4.18. The lowest BCUT2D eigenvalue weighted by Gasteiger charge is -1.90. The van der Waals surface area contributed by atoms with Crippen LogP contribution in [0.5, 0.6) is 0 Å². The number of nitrogens with zero attached hydrogens (tertiary/aromatic N) is 2. The average molecular weight is 205 g/mol. The fourth-order valence-electron chi connectivity index (χ4n) is 1.08. The van der Waals surface area contributed by atoms with Gasteiger partial charge in [-0.2, -0.15) is 0 Å². The van der Waals surface area contributed by atoms with Crippen molar-refractivity contribution in [2.75, 3.05) is 0 Å². The van der Waals surface area contributed by atoms with Gasteiger partial charge in [-0.3, -0.25) is 0 Å². The highest BCUT2D eigenvalue weighted by Gasteiger charge is 1.93. The lowest BCUT2D eigenvalue weighted by atomic mass is 10.3. The van der Waals surface area contributed by atoms with Crippen LogP contribution in [-0.4, -0.2) is 9.55 Å². The van der Waals surface area contributed by atoms with E-state index in [0.717, 1.165) is 5.52 Å². The molecule has 0 radical (unpaired) electrons. The maximum Gasteiger partial charge on any atom is 0.0955 e. The summed E-state index contributed by atoms with van der Waals surface area (Å²) in [5.41, 5.74) is 2.24. The van der Waals surface area contributed by atoms with E-state index in [1.54, 1.807) is 0 Å². The molecule has 0 N–H and O–H groups in total. The van der Waals surface area contributed by atoms with Gasteiger partial charge in [-0.05, 0) is 12.1 Å². The van der Waals surface area contributed by atoms with Crippen LogP contribution in [0.4, 0.5) is 0 Å². The Hall–Kier alpha value is -0.730. The van der Waals surface area contributed by atoms with Crippen LogP contribution in [0.3, 0.4) is 0 Å². The predicted molar refractivity (Wildman–Crippen MR) is 55.2 cm³/mol. The number of aromatic nitrogens is 2.